The molecule has 1 fully saturated rings. The highest BCUT2D eigenvalue weighted by atomic mass is 28.4. The number of rotatable bonds is 4. The number of hydrogen-bond acceptors (Lipinski definition) is 3. The molecule has 1 aromatic carbocycles. The van der Waals surface area contributed by atoms with Crippen LogP contribution in [0.5, 0.6) is 0 Å². The number of nitrogens with one attached hydrogen (secondary N) is 1. The van der Waals surface area contributed by atoms with E-state index >= 15 is 0 Å². The second kappa shape index (κ2) is 7.29. The van der Waals surface area contributed by atoms with Crippen LogP contribution in [0.1, 0.15) is 38.8 Å². The van der Waals surface area contributed by atoms with E-state index in [2.05, 4.69) is 45.3 Å². The van der Waals surface area contributed by atoms with E-state index in [0.717, 1.165) is 25.2 Å². The van der Waals surface area contributed by atoms with Crippen LogP contribution in [0.15, 0.2) is 42.6 Å². The minimum Gasteiger partial charge on any atom is -0.412 e. The minimum atomic E-state index is -1.89. The third-order valence-electron chi connectivity index (χ3n) is 5.88. The SMILES string of the molecule is CC(C)(C)[Si](C)(C)OC1CCNC1c1ccc(N2C=CC=CC2)cc1F. The maximum absolute atomic E-state index is 14.9. The fourth-order valence-electron chi connectivity index (χ4n) is 3.28. The van der Waals surface area contributed by atoms with Crippen molar-refractivity contribution < 1.29 is 8.82 Å². The molecule has 3 rings (SSSR count). The van der Waals surface area contributed by atoms with Crippen LogP contribution in [0, 0.1) is 5.82 Å². The Morgan fingerprint density at radius 3 is 2.62 bits per heavy atom. The molecule has 0 radical (unpaired) electrons. The molecule has 2 unspecified atom stereocenters. The predicted molar refractivity (Wildman–Crippen MR) is 109 cm³/mol. The average Bonchev–Trinajstić information content (AvgIpc) is 3.01. The Labute approximate surface area is 158 Å². The van der Waals surface area contributed by atoms with Crippen LogP contribution < -0.4 is 10.2 Å². The van der Waals surface area contributed by atoms with Gasteiger partial charge in [0.05, 0.1) is 12.1 Å². The molecule has 0 aromatic heterocycles. The third-order valence-corrected chi connectivity index (χ3v) is 10.4. The lowest BCUT2D eigenvalue weighted by molar-refractivity contribution is 0.165. The van der Waals surface area contributed by atoms with Gasteiger partial charge >= 0.3 is 0 Å². The summed E-state index contributed by atoms with van der Waals surface area (Å²) in [5.74, 6) is -0.159. The van der Waals surface area contributed by atoms with Gasteiger partial charge in [0.1, 0.15) is 5.82 Å². The monoisotopic (exact) mass is 374 g/mol. The van der Waals surface area contributed by atoms with E-state index in [4.69, 9.17) is 4.43 Å². The third kappa shape index (κ3) is 3.95. The topological polar surface area (TPSA) is 24.5 Å². The molecule has 1 N–H and O–H groups in total. The number of hydrogen-bond donors (Lipinski definition) is 1. The quantitative estimate of drug-likeness (QED) is 0.739. The Bertz CT molecular complexity index is 708. The summed E-state index contributed by atoms with van der Waals surface area (Å²) in [5.41, 5.74) is 1.60. The highest BCUT2D eigenvalue weighted by Gasteiger charge is 2.42. The van der Waals surface area contributed by atoms with Crippen LogP contribution >= 0.6 is 0 Å². The van der Waals surface area contributed by atoms with E-state index in [-0.39, 0.29) is 23.0 Å². The summed E-state index contributed by atoms with van der Waals surface area (Å²) in [4.78, 5) is 2.04. The van der Waals surface area contributed by atoms with Gasteiger partial charge in [0.25, 0.3) is 0 Å². The van der Waals surface area contributed by atoms with Gasteiger partial charge in [-0.25, -0.2) is 4.39 Å². The number of nitrogens with zero attached hydrogens (tertiary/aromatic N) is 1. The van der Waals surface area contributed by atoms with Gasteiger partial charge in [-0.1, -0.05) is 39.0 Å². The molecule has 2 atom stereocenters. The predicted octanol–water partition coefficient (Wildman–Crippen LogP) is 5.14. The molecule has 2 aliphatic heterocycles. The summed E-state index contributed by atoms with van der Waals surface area (Å²) in [6.45, 7) is 12.9. The fourth-order valence-corrected chi connectivity index (χ4v) is 4.64. The summed E-state index contributed by atoms with van der Waals surface area (Å²) in [6.07, 6.45) is 8.98. The van der Waals surface area contributed by atoms with E-state index in [1.165, 1.54) is 0 Å². The Morgan fingerprint density at radius 1 is 1.23 bits per heavy atom. The maximum atomic E-state index is 14.9. The van der Waals surface area contributed by atoms with Crippen LogP contribution in [-0.2, 0) is 4.43 Å². The van der Waals surface area contributed by atoms with Gasteiger partial charge < -0.3 is 14.6 Å². The van der Waals surface area contributed by atoms with Crippen molar-refractivity contribution in [3.63, 3.8) is 0 Å². The summed E-state index contributed by atoms with van der Waals surface area (Å²) in [7, 11) is -1.89. The van der Waals surface area contributed by atoms with Gasteiger partial charge in [-0.15, -0.1) is 0 Å². The molecule has 0 saturated carbocycles. The molecule has 26 heavy (non-hydrogen) atoms. The van der Waals surface area contributed by atoms with Gasteiger partial charge in [-0.3, -0.25) is 0 Å². The molecule has 1 aromatic rings. The van der Waals surface area contributed by atoms with E-state index < -0.39 is 8.32 Å². The first kappa shape index (κ1) is 19.3. The Morgan fingerprint density at radius 2 is 2.00 bits per heavy atom. The lowest BCUT2D eigenvalue weighted by atomic mass is 10.0. The van der Waals surface area contributed by atoms with Crippen molar-refractivity contribution in [2.75, 3.05) is 18.0 Å². The molecular weight excluding hydrogens is 343 g/mol. The molecule has 142 valence electrons. The summed E-state index contributed by atoms with van der Waals surface area (Å²) >= 11 is 0. The van der Waals surface area contributed by atoms with Gasteiger partial charge in [0.15, 0.2) is 8.32 Å². The van der Waals surface area contributed by atoms with Crippen molar-refractivity contribution in [3.8, 4) is 0 Å². The number of allylic oxidation sites excluding steroid dienone is 2. The van der Waals surface area contributed by atoms with Crippen LogP contribution in [-0.4, -0.2) is 27.5 Å². The van der Waals surface area contributed by atoms with Gasteiger partial charge in [-0.2, -0.15) is 0 Å². The van der Waals surface area contributed by atoms with E-state index in [9.17, 15) is 4.39 Å². The molecular formula is C21H31FN2OSi. The first-order chi connectivity index (χ1) is 12.2. The second-order valence-corrected chi connectivity index (χ2v) is 13.5. The molecule has 2 heterocycles. The molecule has 0 bridgehead atoms. The molecule has 0 aliphatic carbocycles. The van der Waals surface area contributed by atoms with Crippen molar-refractivity contribution in [2.45, 2.75) is 57.5 Å². The Hall–Kier alpha value is -1.43. The molecule has 2 aliphatic rings. The van der Waals surface area contributed by atoms with Crippen molar-refractivity contribution in [1.82, 2.24) is 5.32 Å². The molecule has 5 heteroatoms. The van der Waals surface area contributed by atoms with Crippen molar-refractivity contribution in [1.29, 1.82) is 0 Å². The summed E-state index contributed by atoms with van der Waals surface area (Å²) in [5, 5.41) is 3.60. The Balaban J connectivity index is 1.79. The first-order valence-electron chi connectivity index (χ1n) is 9.50. The lowest BCUT2D eigenvalue weighted by Gasteiger charge is -2.39. The molecule has 0 spiro atoms. The van der Waals surface area contributed by atoms with Crippen molar-refractivity contribution in [2.24, 2.45) is 0 Å². The molecule has 0 amide bonds. The lowest BCUT2D eigenvalue weighted by Crippen LogP contribution is -2.45. The summed E-state index contributed by atoms with van der Waals surface area (Å²) < 4.78 is 21.6. The highest BCUT2D eigenvalue weighted by Crippen LogP contribution is 2.40. The van der Waals surface area contributed by atoms with Crippen molar-refractivity contribution in [3.05, 3.63) is 54.0 Å². The largest absolute Gasteiger partial charge is 0.412 e. The number of benzene rings is 1. The zero-order chi connectivity index (χ0) is 18.9. The van der Waals surface area contributed by atoms with E-state index in [0.29, 0.717) is 5.56 Å². The smallest absolute Gasteiger partial charge is 0.192 e. The summed E-state index contributed by atoms with van der Waals surface area (Å²) in [6, 6.07) is 5.49. The van der Waals surface area contributed by atoms with Crippen LogP contribution in [0.2, 0.25) is 18.1 Å². The van der Waals surface area contributed by atoms with Gasteiger partial charge in [0.2, 0.25) is 0 Å². The average molecular weight is 375 g/mol. The first-order valence-corrected chi connectivity index (χ1v) is 12.4. The standard InChI is InChI=1S/C21H31FN2OSi/c1-21(2,3)26(4,5)25-19-11-12-23-20(19)17-10-9-16(15-18(17)22)24-13-7-6-8-14-24/h6-10,13,15,19-20,23H,11-12,14H2,1-5H3. The van der Waals surface area contributed by atoms with Crippen LogP contribution in [0.25, 0.3) is 0 Å². The normalized spacial score (nSPS) is 23.7. The number of halogens is 1. The van der Waals surface area contributed by atoms with Gasteiger partial charge in [0, 0.05) is 24.0 Å². The molecule has 3 nitrogen and oxygen atoms in total. The van der Waals surface area contributed by atoms with Crippen LogP contribution in [0.3, 0.4) is 0 Å². The zero-order valence-electron chi connectivity index (χ0n) is 16.6. The van der Waals surface area contributed by atoms with Gasteiger partial charge in [-0.05, 0) is 49.3 Å². The zero-order valence-corrected chi connectivity index (χ0v) is 17.6. The molecule has 1 saturated heterocycles. The maximum Gasteiger partial charge on any atom is 0.192 e. The minimum absolute atomic E-state index is 0.0362. The van der Waals surface area contributed by atoms with Crippen molar-refractivity contribution >= 4 is 14.0 Å². The van der Waals surface area contributed by atoms with Crippen LogP contribution in [0.4, 0.5) is 10.1 Å². The van der Waals surface area contributed by atoms with E-state index in [1.807, 2.05) is 35.4 Å². The fraction of sp³-hybridized carbons (Fsp3) is 0.524. The van der Waals surface area contributed by atoms with E-state index in [1.54, 1.807) is 6.07 Å². The number of anilines is 1. The Kier molecular flexibility index (Phi) is 5.42. The highest BCUT2D eigenvalue weighted by molar-refractivity contribution is 6.74. The second-order valence-electron chi connectivity index (χ2n) is 8.76.